The molecule has 1 saturated heterocycles. The summed E-state index contributed by atoms with van der Waals surface area (Å²) in [5, 5.41) is 4.77. The monoisotopic (exact) mass is 329 g/mol. The lowest BCUT2D eigenvalue weighted by molar-refractivity contribution is -0.114. The molecule has 0 saturated carbocycles. The lowest BCUT2D eigenvalue weighted by Gasteiger charge is -2.19. The van der Waals surface area contributed by atoms with E-state index in [-0.39, 0.29) is 16.5 Å². The number of nitrogens with one attached hydrogen (secondary N) is 1. The third-order valence-electron chi connectivity index (χ3n) is 2.48. The van der Waals surface area contributed by atoms with Crippen LogP contribution in [0.1, 0.15) is 17.3 Å². The first-order valence-electron chi connectivity index (χ1n) is 6.09. The van der Waals surface area contributed by atoms with Crippen molar-refractivity contribution in [2.75, 3.05) is 22.1 Å². The Balaban J connectivity index is 1.92. The molecule has 1 amide bonds. The van der Waals surface area contributed by atoms with Crippen molar-refractivity contribution in [3.05, 3.63) is 29.8 Å². The van der Waals surface area contributed by atoms with Crippen molar-refractivity contribution in [2.24, 2.45) is 0 Å². The van der Waals surface area contributed by atoms with Crippen LogP contribution >= 0.6 is 35.3 Å². The van der Waals surface area contributed by atoms with E-state index in [2.05, 4.69) is 5.32 Å². The molecule has 1 aliphatic rings. The fourth-order valence-corrected chi connectivity index (χ4v) is 6.01. The van der Waals surface area contributed by atoms with Crippen molar-refractivity contribution in [3.63, 3.8) is 0 Å². The number of rotatable bonds is 4. The highest BCUT2D eigenvalue weighted by molar-refractivity contribution is 8.33. The van der Waals surface area contributed by atoms with E-state index in [9.17, 15) is 9.59 Å². The maximum absolute atomic E-state index is 12.0. The first-order chi connectivity index (χ1) is 9.70. The van der Waals surface area contributed by atoms with Crippen LogP contribution in [0.25, 0.3) is 0 Å². The van der Waals surface area contributed by atoms with Crippen LogP contribution < -0.4 is 5.32 Å². The third kappa shape index (κ3) is 4.36. The van der Waals surface area contributed by atoms with Crippen LogP contribution in [0, 0.1) is 0 Å². The molecule has 0 bridgehead atoms. The van der Waals surface area contributed by atoms with E-state index in [1.807, 2.05) is 11.8 Å². The molecular formula is C13H15NO3S3. The summed E-state index contributed by atoms with van der Waals surface area (Å²) in [4.78, 5) is 23.5. The molecule has 1 N–H and O–H groups in total. The van der Waals surface area contributed by atoms with Gasteiger partial charge in [-0.1, -0.05) is 0 Å². The molecule has 1 heterocycles. The smallest absolute Gasteiger partial charge is 0.338 e. The summed E-state index contributed by atoms with van der Waals surface area (Å²) in [7, 11) is 0. The molecule has 20 heavy (non-hydrogen) atoms. The van der Waals surface area contributed by atoms with Crippen LogP contribution in [-0.4, -0.2) is 33.2 Å². The number of hydrogen-bond donors (Lipinski definition) is 1. The lowest BCUT2D eigenvalue weighted by atomic mass is 10.2. The van der Waals surface area contributed by atoms with Gasteiger partial charge in [0.15, 0.2) is 0 Å². The second-order valence-electron chi connectivity index (χ2n) is 3.89. The predicted molar refractivity (Wildman–Crippen MR) is 87.3 cm³/mol. The molecular weight excluding hydrogens is 314 g/mol. The van der Waals surface area contributed by atoms with E-state index in [4.69, 9.17) is 4.74 Å². The van der Waals surface area contributed by atoms with Gasteiger partial charge in [0.1, 0.15) is 4.58 Å². The summed E-state index contributed by atoms with van der Waals surface area (Å²) in [5.74, 6) is -0.343. The molecule has 7 heteroatoms. The number of ether oxygens (including phenoxy) is 1. The van der Waals surface area contributed by atoms with Crippen LogP contribution in [0.5, 0.6) is 0 Å². The Morgan fingerprint density at radius 3 is 2.50 bits per heavy atom. The van der Waals surface area contributed by atoms with Gasteiger partial charge in [-0.2, -0.15) is 0 Å². The Labute approximate surface area is 130 Å². The zero-order valence-corrected chi connectivity index (χ0v) is 13.4. The number of carbonyl (C=O) groups excluding carboxylic acids is 2. The van der Waals surface area contributed by atoms with E-state index in [0.29, 0.717) is 17.9 Å². The second-order valence-corrected chi connectivity index (χ2v) is 8.09. The average molecular weight is 329 g/mol. The summed E-state index contributed by atoms with van der Waals surface area (Å²) in [6.45, 7) is 2.12. The van der Waals surface area contributed by atoms with Crippen LogP contribution in [0.2, 0.25) is 0 Å². The Morgan fingerprint density at radius 2 is 1.90 bits per heavy atom. The van der Waals surface area contributed by atoms with E-state index < -0.39 is 0 Å². The minimum absolute atomic E-state index is 0.00387. The highest BCUT2D eigenvalue weighted by atomic mass is 32.3. The van der Waals surface area contributed by atoms with Gasteiger partial charge in [0, 0.05) is 15.9 Å². The normalized spacial score (nSPS) is 15.7. The molecule has 108 valence electrons. The van der Waals surface area contributed by atoms with Gasteiger partial charge in [-0.15, -0.1) is 35.3 Å². The molecule has 2 rings (SSSR count). The summed E-state index contributed by atoms with van der Waals surface area (Å²) in [6.07, 6.45) is 0. The number of hydrogen-bond acceptors (Lipinski definition) is 6. The van der Waals surface area contributed by atoms with Gasteiger partial charge in [-0.25, -0.2) is 4.79 Å². The molecule has 1 fully saturated rings. The molecule has 0 unspecified atom stereocenters. The zero-order valence-electron chi connectivity index (χ0n) is 11.0. The van der Waals surface area contributed by atoms with Crippen LogP contribution in [0.15, 0.2) is 24.3 Å². The minimum atomic E-state index is -0.346. The summed E-state index contributed by atoms with van der Waals surface area (Å²) in [5.41, 5.74) is 1.19. The lowest BCUT2D eigenvalue weighted by Crippen LogP contribution is -2.24. The molecule has 1 aromatic rings. The Morgan fingerprint density at radius 1 is 1.25 bits per heavy atom. The molecule has 0 atom stereocenters. The average Bonchev–Trinajstić information content (AvgIpc) is 2.49. The molecule has 0 radical (unpaired) electrons. The van der Waals surface area contributed by atoms with Crippen molar-refractivity contribution in [2.45, 2.75) is 11.5 Å². The van der Waals surface area contributed by atoms with Crippen molar-refractivity contribution in [1.29, 1.82) is 0 Å². The van der Waals surface area contributed by atoms with E-state index in [1.165, 1.54) is 0 Å². The van der Waals surface area contributed by atoms with E-state index in [1.54, 1.807) is 54.7 Å². The number of benzene rings is 1. The fourth-order valence-electron chi connectivity index (χ4n) is 1.56. The Hall–Kier alpha value is -0.790. The standard InChI is InChI=1S/C13H15NO3S3/c1-2-17-12(16)9-3-5-10(6-4-9)14-11(15)13-19-7-18-8-20-13/h3-6,13H,2,7-8H2,1H3,(H,14,15). The first kappa shape index (κ1) is 15.6. The molecule has 0 aliphatic carbocycles. The van der Waals surface area contributed by atoms with Gasteiger partial charge in [-0.05, 0) is 31.2 Å². The van der Waals surface area contributed by atoms with Crippen molar-refractivity contribution in [3.8, 4) is 0 Å². The van der Waals surface area contributed by atoms with Gasteiger partial charge >= 0.3 is 5.97 Å². The Kier molecular flexibility index (Phi) is 6.12. The molecule has 0 aromatic heterocycles. The number of thioether (sulfide) groups is 3. The number of anilines is 1. The molecule has 1 aromatic carbocycles. The Bertz CT molecular complexity index is 472. The topological polar surface area (TPSA) is 55.4 Å². The van der Waals surface area contributed by atoms with Crippen molar-refractivity contribution in [1.82, 2.24) is 0 Å². The highest BCUT2D eigenvalue weighted by Gasteiger charge is 2.22. The maximum atomic E-state index is 12.0. The maximum Gasteiger partial charge on any atom is 0.338 e. The van der Waals surface area contributed by atoms with Gasteiger partial charge in [0.2, 0.25) is 5.91 Å². The highest BCUT2D eigenvalue weighted by Crippen LogP contribution is 2.36. The molecule has 0 spiro atoms. The number of esters is 1. The van der Waals surface area contributed by atoms with Gasteiger partial charge in [0.25, 0.3) is 0 Å². The summed E-state index contributed by atoms with van der Waals surface area (Å²) in [6, 6.07) is 6.75. The van der Waals surface area contributed by atoms with Crippen LogP contribution in [0.4, 0.5) is 5.69 Å². The molecule has 1 aliphatic heterocycles. The first-order valence-corrected chi connectivity index (χ1v) is 9.35. The van der Waals surface area contributed by atoms with Gasteiger partial charge in [-0.3, -0.25) is 4.79 Å². The zero-order chi connectivity index (χ0) is 14.4. The second kappa shape index (κ2) is 7.85. The van der Waals surface area contributed by atoms with Crippen molar-refractivity contribution < 1.29 is 14.3 Å². The molecule has 4 nitrogen and oxygen atoms in total. The minimum Gasteiger partial charge on any atom is -0.462 e. The van der Waals surface area contributed by atoms with E-state index in [0.717, 1.165) is 10.2 Å². The summed E-state index contributed by atoms with van der Waals surface area (Å²) < 4.78 is 4.85. The van der Waals surface area contributed by atoms with Gasteiger partial charge < -0.3 is 10.1 Å². The predicted octanol–water partition coefficient (Wildman–Crippen LogP) is 3.26. The fraction of sp³-hybridized carbons (Fsp3) is 0.385. The number of carbonyl (C=O) groups is 2. The van der Waals surface area contributed by atoms with E-state index >= 15 is 0 Å². The van der Waals surface area contributed by atoms with Crippen LogP contribution in [-0.2, 0) is 9.53 Å². The van der Waals surface area contributed by atoms with Gasteiger partial charge in [0.05, 0.1) is 12.2 Å². The number of amides is 1. The van der Waals surface area contributed by atoms with Crippen LogP contribution in [0.3, 0.4) is 0 Å². The quantitative estimate of drug-likeness (QED) is 0.856. The summed E-state index contributed by atoms with van der Waals surface area (Å²) >= 11 is 5.12. The third-order valence-corrected chi connectivity index (χ3v) is 6.76. The van der Waals surface area contributed by atoms with Crippen molar-refractivity contribution >= 4 is 52.8 Å². The SMILES string of the molecule is CCOC(=O)c1ccc(NC(=O)C2SCSCS2)cc1. The largest absolute Gasteiger partial charge is 0.462 e.